The van der Waals surface area contributed by atoms with E-state index in [-0.39, 0.29) is 29.6 Å². The molecule has 1 amide bonds. The number of carbonyl (C=O) groups is 1. The first kappa shape index (κ1) is 13.3. The second-order valence-electron chi connectivity index (χ2n) is 4.68. The summed E-state index contributed by atoms with van der Waals surface area (Å²) in [7, 11) is 0. The third kappa shape index (κ3) is 1.86. The Balaban J connectivity index is 0.00000121. The fraction of sp³-hybridized carbons (Fsp3) is 0.0714. The van der Waals surface area contributed by atoms with Crippen molar-refractivity contribution in [3.8, 4) is 0 Å². The Morgan fingerprint density at radius 1 is 1.10 bits per heavy atom. The summed E-state index contributed by atoms with van der Waals surface area (Å²) in [5, 5.41) is 0. The molecule has 4 rings (SSSR count). The smallest absolute Gasteiger partial charge is 0.664 e. The molecule has 4 aliphatic rings. The monoisotopic (exact) mass is 274 g/mol. The minimum Gasteiger partial charge on any atom is -0.664 e. The van der Waals surface area contributed by atoms with Crippen molar-refractivity contribution in [1.29, 1.82) is 0 Å². The Hall–Kier alpha value is -1.69. The van der Waals surface area contributed by atoms with E-state index in [1.54, 1.807) is 12.3 Å². The van der Waals surface area contributed by atoms with Crippen molar-refractivity contribution in [3.63, 3.8) is 0 Å². The van der Waals surface area contributed by atoms with E-state index in [9.17, 15) is 4.79 Å². The molecule has 0 fully saturated rings. The van der Waals surface area contributed by atoms with Crippen LogP contribution in [0.15, 0.2) is 72.0 Å². The van der Waals surface area contributed by atoms with E-state index in [1.165, 1.54) is 5.70 Å². The predicted molar refractivity (Wildman–Crippen MR) is 70.1 cm³/mol. The fourth-order valence-electron chi connectivity index (χ4n) is 2.55. The van der Waals surface area contributed by atoms with Gasteiger partial charge in [0.15, 0.2) is 0 Å². The van der Waals surface area contributed by atoms with Crippen molar-refractivity contribution < 1.29 is 34.4 Å². The van der Waals surface area contributed by atoms with E-state index in [2.05, 4.69) is 28.3 Å². The Labute approximate surface area is 139 Å². The molecule has 0 bridgehead atoms. The first-order chi connectivity index (χ1) is 9.22. The second-order valence-corrected chi connectivity index (χ2v) is 4.68. The molecular weight excluding hydrogens is 263 g/mol. The van der Waals surface area contributed by atoms with Crippen LogP contribution in [0.2, 0.25) is 0 Å². The predicted octanol–water partition coefficient (Wildman–Crippen LogP) is -0.645. The Kier molecular flexibility index (Phi) is 3.12. The Morgan fingerprint density at radius 3 is 2.75 bits per heavy atom. The van der Waals surface area contributed by atoms with Crippen LogP contribution < -0.4 is 29.6 Å². The summed E-state index contributed by atoms with van der Waals surface area (Å²) < 4.78 is 0. The van der Waals surface area contributed by atoms with E-state index in [4.69, 9.17) is 5.73 Å². The van der Waals surface area contributed by atoms with Crippen molar-refractivity contribution in [2.24, 2.45) is 0 Å². The van der Waals surface area contributed by atoms with Gasteiger partial charge in [-0.25, -0.2) is 0 Å². The SMILES string of the molecule is [NH-]C(=O)C1=CN2C=C3N(C=C2C=C1)C=C1CC=CN13.[Na+]. The molecule has 1 N–H and O–H groups in total. The molecule has 0 aromatic rings. The number of allylic oxidation sites excluding steroid dienone is 2. The number of nitrogens with zero attached hydrogens (tertiary/aromatic N) is 3. The van der Waals surface area contributed by atoms with Gasteiger partial charge < -0.3 is 25.2 Å². The minimum atomic E-state index is -0.664. The van der Waals surface area contributed by atoms with Gasteiger partial charge in [-0.1, -0.05) is 6.08 Å². The summed E-state index contributed by atoms with van der Waals surface area (Å²) in [5.41, 5.74) is 9.80. The van der Waals surface area contributed by atoms with Gasteiger partial charge in [-0.2, -0.15) is 0 Å². The molecule has 0 aromatic carbocycles. The molecule has 5 nitrogen and oxygen atoms in total. The molecule has 0 spiro atoms. The molecule has 0 unspecified atom stereocenters. The molecule has 0 atom stereocenters. The van der Waals surface area contributed by atoms with E-state index >= 15 is 0 Å². The van der Waals surface area contributed by atoms with Gasteiger partial charge in [0.2, 0.25) is 0 Å². The van der Waals surface area contributed by atoms with Crippen LogP contribution in [0, 0.1) is 0 Å². The molecule has 0 saturated heterocycles. The van der Waals surface area contributed by atoms with E-state index in [1.807, 2.05) is 23.4 Å². The summed E-state index contributed by atoms with van der Waals surface area (Å²) in [6.07, 6.45) is 16.5. The van der Waals surface area contributed by atoms with Crippen LogP contribution in [0.3, 0.4) is 0 Å². The fourth-order valence-corrected chi connectivity index (χ4v) is 2.55. The largest absolute Gasteiger partial charge is 1.00 e. The van der Waals surface area contributed by atoms with Crippen molar-refractivity contribution in [1.82, 2.24) is 14.7 Å². The topological polar surface area (TPSA) is 50.6 Å². The van der Waals surface area contributed by atoms with Crippen LogP contribution in [0.1, 0.15) is 6.42 Å². The van der Waals surface area contributed by atoms with Gasteiger partial charge >= 0.3 is 29.6 Å². The average Bonchev–Trinajstić information content (AvgIpc) is 2.96. The molecule has 0 aromatic heterocycles. The normalized spacial score (nSPS) is 21.3. The zero-order valence-electron chi connectivity index (χ0n) is 11.1. The van der Waals surface area contributed by atoms with Crippen molar-refractivity contribution in [2.75, 3.05) is 0 Å². The molecule has 0 aliphatic carbocycles. The first-order valence-electron chi connectivity index (χ1n) is 6.05. The Morgan fingerprint density at radius 2 is 1.95 bits per heavy atom. The maximum atomic E-state index is 11.1. The number of amides is 1. The molecule has 4 aliphatic heterocycles. The van der Waals surface area contributed by atoms with Gasteiger partial charge in [0.25, 0.3) is 0 Å². The molecule has 4 heterocycles. The number of hydrogen-bond acceptors (Lipinski definition) is 4. The van der Waals surface area contributed by atoms with Gasteiger partial charge in [0, 0.05) is 42.5 Å². The molecule has 94 valence electrons. The van der Waals surface area contributed by atoms with E-state index in [0.29, 0.717) is 5.57 Å². The third-order valence-electron chi connectivity index (χ3n) is 3.49. The number of hydrogen-bond donors (Lipinski definition) is 0. The summed E-state index contributed by atoms with van der Waals surface area (Å²) in [5.74, 6) is 0.373. The molecule has 20 heavy (non-hydrogen) atoms. The summed E-state index contributed by atoms with van der Waals surface area (Å²) in [6.45, 7) is 0. The van der Waals surface area contributed by atoms with Crippen LogP contribution in [0.4, 0.5) is 0 Å². The van der Waals surface area contributed by atoms with Gasteiger partial charge in [-0.15, -0.1) is 0 Å². The first-order valence-corrected chi connectivity index (χ1v) is 6.05. The standard InChI is InChI=1S/C14H12N4O.Na/c15-14(19)10-3-4-11-7-17-8-12-2-1-5-18(12)13(17)9-16(11)6-10;/h1,3-9H,2H2,(H2,15,19);/q;+1/p-1. The molecule has 0 radical (unpaired) electrons. The Bertz CT molecular complexity index is 669. The van der Waals surface area contributed by atoms with Crippen molar-refractivity contribution in [3.05, 3.63) is 77.7 Å². The maximum absolute atomic E-state index is 11.1. The third-order valence-corrected chi connectivity index (χ3v) is 3.49. The minimum absolute atomic E-state index is 0. The number of fused-ring (bicyclic) bond motifs is 4. The van der Waals surface area contributed by atoms with Gasteiger partial charge in [-0.3, -0.25) is 0 Å². The summed E-state index contributed by atoms with van der Waals surface area (Å²) in [4.78, 5) is 17.2. The van der Waals surface area contributed by atoms with Crippen LogP contribution >= 0.6 is 0 Å². The number of nitrogens with one attached hydrogen (secondary N) is 1. The quantitative estimate of drug-likeness (QED) is 0.597. The van der Waals surface area contributed by atoms with Gasteiger partial charge in [-0.05, 0) is 12.2 Å². The van der Waals surface area contributed by atoms with Crippen LogP contribution in [0.5, 0.6) is 0 Å². The van der Waals surface area contributed by atoms with E-state index in [0.717, 1.165) is 17.9 Å². The second kappa shape index (κ2) is 4.70. The zero-order chi connectivity index (χ0) is 13.0. The van der Waals surface area contributed by atoms with Crippen molar-refractivity contribution in [2.45, 2.75) is 6.42 Å². The van der Waals surface area contributed by atoms with Crippen LogP contribution in [-0.4, -0.2) is 20.6 Å². The van der Waals surface area contributed by atoms with Crippen LogP contribution in [-0.2, 0) is 4.79 Å². The molecular formula is C14H11N4NaO. The summed E-state index contributed by atoms with van der Waals surface area (Å²) >= 11 is 0. The van der Waals surface area contributed by atoms with Gasteiger partial charge in [0.1, 0.15) is 5.82 Å². The van der Waals surface area contributed by atoms with Gasteiger partial charge in [0.05, 0.1) is 17.8 Å². The maximum Gasteiger partial charge on any atom is 1.00 e. The summed E-state index contributed by atoms with van der Waals surface area (Å²) in [6, 6.07) is 0. The molecule has 6 heteroatoms. The zero-order valence-corrected chi connectivity index (χ0v) is 13.1. The number of rotatable bonds is 1. The average molecular weight is 274 g/mol. The number of carbonyl (C=O) groups excluding carboxylic acids is 1. The van der Waals surface area contributed by atoms with Crippen molar-refractivity contribution >= 4 is 5.91 Å². The van der Waals surface area contributed by atoms with Crippen LogP contribution in [0.25, 0.3) is 5.73 Å². The van der Waals surface area contributed by atoms with E-state index < -0.39 is 5.91 Å². The molecule has 0 saturated carbocycles.